The second-order valence-corrected chi connectivity index (χ2v) is 4.26. The van der Waals surface area contributed by atoms with Gasteiger partial charge >= 0.3 is 0 Å². The first-order valence-corrected chi connectivity index (χ1v) is 6.64. The summed E-state index contributed by atoms with van der Waals surface area (Å²) in [5, 5.41) is 8.67. The minimum absolute atomic E-state index is 0.0845. The van der Waals surface area contributed by atoms with Crippen LogP contribution in [0.15, 0.2) is 42.6 Å². The maximum atomic E-state index is 8.67. The maximum absolute atomic E-state index is 8.67. The molecule has 1 aromatic carbocycles. The first-order valence-electron chi connectivity index (χ1n) is 6.64. The number of rotatable bonds is 5. The topological polar surface area (TPSA) is 51.6 Å². The number of nitrogens with zero attached hydrogens (tertiary/aromatic N) is 1. The van der Waals surface area contributed by atoms with E-state index in [1.807, 2.05) is 36.4 Å². The van der Waals surface area contributed by atoms with Crippen molar-refractivity contribution >= 4 is 0 Å². The molecule has 0 saturated carbocycles. The zero-order valence-corrected chi connectivity index (χ0v) is 11.9. The van der Waals surface area contributed by atoms with Crippen molar-refractivity contribution in [2.75, 3.05) is 13.7 Å². The summed E-state index contributed by atoms with van der Waals surface area (Å²) >= 11 is 0. The number of aliphatic hydroxyl groups excluding tert-OH is 1. The molecule has 4 nitrogen and oxygen atoms in total. The van der Waals surface area contributed by atoms with Crippen molar-refractivity contribution in [3.63, 3.8) is 0 Å². The second kappa shape index (κ2) is 7.93. The number of hydrogen-bond acceptors (Lipinski definition) is 4. The Hall–Kier alpha value is -2.51. The minimum Gasteiger partial charge on any atom is -0.489 e. The number of hydrogen-bond donors (Lipinski definition) is 1. The van der Waals surface area contributed by atoms with Crippen molar-refractivity contribution in [1.82, 2.24) is 4.98 Å². The van der Waals surface area contributed by atoms with E-state index in [4.69, 9.17) is 14.6 Å². The molecule has 0 atom stereocenters. The highest BCUT2D eigenvalue weighted by Gasteiger charge is 2.03. The summed E-state index contributed by atoms with van der Waals surface area (Å²) in [6.07, 6.45) is 2.17. The average Bonchev–Trinajstić information content (AvgIpc) is 2.54. The van der Waals surface area contributed by atoms with Crippen molar-refractivity contribution in [2.45, 2.75) is 13.0 Å². The summed E-state index contributed by atoms with van der Waals surface area (Å²) in [4.78, 5) is 4.12. The monoisotopic (exact) mass is 283 g/mol. The lowest BCUT2D eigenvalue weighted by molar-refractivity contribution is 0.294. The smallest absolute Gasteiger partial charge is 0.219 e. The minimum atomic E-state index is 0.0845. The molecule has 0 aliphatic rings. The molecule has 4 heteroatoms. The summed E-state index contributed by atoms with van der Waals surface area (Å²) in [6.45, 7) is 0.480. The van der Waals surface area contributed by atoms with Crippen LogP contribution in [0.3, 0.4) is 0 Å². The Morgan fingerprint density at radius 3 is 2.71 bits per heavy atom. The Balaban J connectivity index is 1.96. The van der Waals surface area contributed by atoms with Crippen LogP contribution in [0.5, 0.6) is 11.6 Å². The normalized spacial score (nSPS) is 9.62. The van der Waals surface area contributed by atoms with Gasteiger partial charge in [-0.1, -0.05) is 11.8 Å². The molecular formula is C17H17NO3. The number of aromatic nitrogens is 1. The van der Waals surface area contributed by atoms with Crippen LogP contribution in [0.4, 0.5) is 0 Å². The van der Waals surface area contributed by atoms with Crippen LogP contribution >= 0.6 is 0 Å². The highest BCUT2D eigenvalue weighted by Crippen LogP contribution is 2.18. The molecule has 0 spiro atoms. The van der Waals surface area contributed by atoms with Crippen molar-refractivity contribution in [3.05, 3.63) is 53.7 Å². The summed E-state index contributed by atoms with van der Waals surface area (Å²) in [7, 11) is 1.59. The molecular weight excluding hydrogens is 266 g/mol. The highest BCUT2D eigenvalue weighted by molar-refractivity contribution is 5.38. The lowest BCUT2D eigenvalue weighted by Gasteiger charge is -2.09. The molecule has 0 fully saturated rings. The molecule has 1 heterocycles. The first kappa shape index (κ1) is 14.9. The van der Waals surface area contributed by atoms with Gasteiger partial charge in [-0.2, -0.15) is 0 Å². The van der Waals surface area contributed by atoms with Gasteiger partial charge < -0.3 is 14.6 Å². The summed E-state index contributed by atoms with van der Waals surface area (Å²) in [5.74, 6) is 7.18. The standard InChI is InChI=1S/C17H17NO3/c1-20-17-15(6-4-11-18-17)13-21-16-9-7-14(8-10-16)5-2-3-12-19/h4,6-11,19H,3,12-13H2,1H3. The van der Waals surface area contributed by atoms with Crippen LogP contribution in [-0.2, 0) is 6.61 Å². The molecule has 108 valence electrons. The van der Waals surface area contributed by atoms with Crippen LogP contribution in [-0.4, -0.2) is 23.8 Å². The predicted octanol–water partition coefficient (Wildman–Crippen LogP) is 2.40. The van der Waals surface area contributed by atoms with Gasteiger partial charge in [-0.05, 0) is 36.4 Å². The van der Waals surface area contributed by atoms with E-state index in [9.17, 15) is 0 Å². The van der Waals surface area contributed by atoms with Crippen LogP contribution in [0.25, 0.3) is 0 Å². The van der Waals surface area contributed by atoms with Gasteiger partial charge in [0, 0.05) is 18.2 Å². The molecule has 0 unspecified atom stereocenters. The fourth-order valence-corrected chi connectivity index (χ4v) is 1.73. The molecule has 2 aromatic rings. The quantitative estimate of drug-likeness (QED) is 0.856. The largest absolute Gasteiger partial charge is 0.489 e. The highest BCUT2D eigenvalue weighted by atomic mass is 16.5. The molecule has 0 radical (unpaired) electrons. The van der Waals surface area contributed by atoms with Crippen LogP contribution in [0, 0.1) is 11.8 Å². The lowest BCUT2D eigenvalue weighted by Crippen LogP contribution is -2.00. The second-order valence-electron chi connectivity index (χ2n) is 4.26. The predicted molar refractivity (Wildman–Crippen MR) is 80.1 cm³/mol. The third-order valence-electron chi connectivity index (χ3n) is 2.76. The van der Waals surface area contributed by atoms with Crippen molar-refractivity contribution in [3.8, 4) is 23.5 Å². The van der Waals surface area contributed by atoms with Gasteiger partial charge in [-0.25, -0.2) is 4.98 Å². The third kappa shape index (κ3) is 4.51. The fraction of sp³-hybridized carbons (Fsp3) is 0.235. The average molecular weight is 283 g/mol. The van der Waals surface area contributed by atoms with E-state index >= 15 is 0 Å². The molecule has 0 saturated heterocycles. The van der Waals surface area contributed by atoms with Gasteiger partial charge in [0.05, 0.1) is 19.3 Å². The lowest BCUT2D eigenvalue weighted by atomic mass is 10.2. The maximum Gasteiger partial charge on any atom is 0.219 e. The Kier molecular flexibility index (Phi) is 5.62. The molecule has 1 aromatic heterocycles. The number of methoxy groups -OCH3 is 1. The zero-order chi connectivity index (χ0) is 14.9. The van der Waals surface area contributed by atoms with Crippen molar-refractivity contribution in [2.24, 2.45) is 0 Å². The van der Waals surface area contributed by atoms with Crippen molar-refractivity contribution in [1.29, 1.82) is 0 Å². The zero-order valence-electron chi connectivity index (χ0n) is 11.9. The first-order chi connectivity index (χ1) is 10.3. The van der Waals surface area contributed by atoms with E-state index in [1.54, 1.807) is 13.3 Å². The van der Waals surface area contributed by atoms with E-state index in [0.717, 1.165) is 16.9 Å². The Bertz CT molecular complexity index is 626. The van der Waals surface area contributed by atoms with Crippen LogP contribution < -0.4 is 9.47 Å². The summed E-state index contributed by atoms with van der Waals surface area (Å²) < 4.78 is 10.9. The molecule has 0 amide bonds. The molecule has 21 heavy (non-hydrogen) atoms. The molecule has 0 aliphatic carbocycles. The molecule has 2 rings (SSSR count). The number of ether oxygens (including phenoxy) is 2. The third-order valence-corrected chi connectivity index (χ3v) is 2.76. The molecule has 1 N–H and O–H groups in total. The summed E-state index contributed by atoms with van der Waals surface area (Å²) in [5.41, 5.74) is 1.79. The van der Waals surface area contributed by atoms with Crippen LogP contribution in [0.1, 0.15) is 17.5 Å². The van der Waals surface area contributed by atoms with E-state index < -0.39 is 0 Å². The van der Waals surface area contributed by atoms with Gasteiger partial charge in [-0.3, -0.25) is 0 Å². The van der Waals surface area contributed by atoms with E-state index in [2.05, 4.69) is 16.8 Å². The Morgan fingerprint density at radius 1 is 1.19 bits per heavy atom. The Labute approximate surface area is 124 Å². The number of aliphatic hydroxyl groups is 1. The number of pyridine rings is 1. The van der Waals surface area contributed by atoms with Gasteiger partial charge in [0.25, 0.3) is 0 Å². The van der Waals surface area contributed by atoms with Gasteiger partial charge in [0.2, 0.25) is 5.88 Å². The van der Waals surface area contributed by atoms with E-state index in [-0.39, 0.29) is 6.61 Å². The van der Waals surface area contributed by atoms with E-state index in [1.165, 1.54) is 0 Å². The van der Waals surface area contributed by atoms with Gasteiger partial charge in [-0.15, -0.1) is 0 Å². The van der Waals surface area contributed by atoms with Crippen LogP contribution in [0.2, 0.25) is 0 Å². The SMILES string of the molecule is COc1ncccc1COc1ccc(C#CCCO)cc1. The summed E-state index contributed by atoms with van der Waals surface area (Å²) in [6, 6.07) is 11.3. The van der Waals surface area contributed by atoms with Gasteiger partial charge in [0.15, 0.2) is 0 Å². The van der Waals surface area contributed by atoms with Gasteiger partial charge in [0.1, 0.15) is 12.4 Å². The molecule has 0 aliphatic heterocycles. The van der Waals surface area contributed by atoms with E-state index in [0.29, 0.717) is 18.9 Å². The number of benzene rings is 1. The van der Waals surface area contributed by atoms with Crippen molar-refractivity contribution < 1.29 is 14.6 Å². The fourth-order valence-electron chi connectivity index (χ4n) is 1.73. The molecule has 0 bridgehead atoms. The Morgan fingerprint density at radius 2 is 2.00 bits per heavy atom.